The van der Waals surface area contributed by atoms with Crippen molar-refractivity contribution >= 4 is 17.8 Å². The van der Waals surface area contributed by atoms with Crippen molar-refractivity contribution in [2.75, 3.05) is 26.7 Å². The number of nitrogens with zero attached hydrogens (tertiary/aromatic N) is 4. The molecule has 2 fully saturated rings. The maximum Gasteiger partial charge on any atom is 0.334 e. The van der Waals surface area contributed by atoms with Crippen LogP contribution >= 0.6 is 0 Å². The van der Waals surface area contributed by atoms with E-state index in [2.05, 4.69) is 19.2 Å². The van der Waals surface area contributed by atoms with Crippen LogP contribution in [0.5, 0.6) is 0 Å². The zero-order chi connectivity index (χ0) is 22.0. The third-order valence-electron chi connectivity index (χ3n) is 5.63. The topological polar surface area (TPSA) is 76.2 Å². The number of piperazine rings is 1. The number of benzene rings is 1. The first-order chi connectivity index (χ1) is 14.2. The second kappa shape index (κ2) is 8.99. The number of amides is 4. The minimum atomic E-state index is -0.621. The van der Waals surface area contributed by atoms with Crippen molar-refractivity contribution in [1.29, 1.82) is 0 Å². The van der Waals surface area contributed by atoms with Gasteiger partial charge in [0.25, 0.3) is 0 Å². The molecule has 2 atom stereocenters. The Morgan fingerprint density at radius 1 is 1.23 bits per heavy atom. The zero-order valence-corrected chi connectivity index (χ0v) is 18.0. The van der Waals surface area contributed by atoms with E-state index in [1.54, 1.807) is 36.0 Å². The maximum atomic E-state index is 13.1. The largest absolute Gasteiger partial charge is 0.337 e. The number of carbonyl (C=O) groups excluding carboxylic acids is 3. The number of hydrazine groups is 1. The van der Waals surface area contributed by atoms with Crippen LogP contribution in [0.3, 0.4) is 0 Å². The number of fused-ring (bicyclic) bond motifs is 1. The lowest BCUT2D eigenvalue weighted by molar-refractivity contribution is -0.185. The fraction of sp³-hybridized carbons (Fsp3) is 0.571. The molecule has 164 valence electrons. The molecule has 2 aliphatic heterocycles. The third kappa shape index (κ3) is 4.56. The highest BCUT2D eigenvalue weighted by atomic mass is 19.1. The second-order valence-electron chi connectivity index (χ2n) is 8.37. The summed E-state index contributed by atoms with van der Waals surface area (Å²) in [5, 5.41) is 5.94. The summed E-state index contributed by atoms with van der Waals surface area (Å²) in [5.74, 6) is -0.153. The molecule has 2 heterocycles. The molecule has 3 rings (SSSR count). The van der Waals surface area contributed by atoms with Gasteiger partial charge in [0.15, 0.2) is 0 Å². The Labute approximate surface area is 176 Å². The van der Waals surface area contributed by atoms with Gasteiger partial charge in [0.1, 0.15) is 18.0 Å². The Balaban J connectivity index is 1.76. The van der Waals surface area contributed by atoms with E-state index in [0.29, 0.717) is 12.5 Å². The van der Waals surface area contributed by atoms with Crippen LogP contribution in [0.1, 0.15) is 32.8 Å². The van der Waals surface area contributed by atoms with Crippen LogP contribution in [0.25, 0.3) is 0 Å². The number of hydrogen-bond acceptors (Lipinski definition) is 4. The lowest BCUT2D eigenvalue weighted by Gasteiger charge is -2.53. The molecule has 30 heavy (non-hydrogen) atoms. The van der Waals surface area contributed by atoms with E-state index in [-0.39, 0.29) is 43.3 Å². The average molecular weight is 420 g/mol. The molecule has 2 saturated heterocycles. The predicted molar refractivity (Wildman–Crippen MR) is 109 cm³/mol. The van der Waals surface area contributed by atoms with E-state index in [1.165, 1.54) is 22.0 Å². The molecule has 0 radical (unpaired) electrons. The molecule has 0 bridgehead atoms. The summed E-state index contributed by atoms with van der Waals surface area (Å²) in [6.45, 7) is 7.02. The predicted octanol–water partition coefficient (Wildman–Crippen LogP) is 1.63. The van der Waals surface area contributed by atoms with E-state index in [9.17, 15) is 18.8 Å². The highest BCUT2D eigenvalue weighted by Crippen LogP contribution is 2.26. The molecule has 9 heteroatoms. The van der Waals surface area contributed by atoms with Crippen molar-refractivity contribution in [2.45, 2.75) is 45.9 Å². The van der Waals surface area contributed by atoms with Crippen LogP contribution in [0.15, 0.2) is 24.3 Å². The van der Waals surface area contributed by atoms with E-state index < -0.39 is 12.2 Å². The van der Waals surface area contributed by atoms with Gasteiger partial charge in [-0.15, -0.1) is 0 Å². The van der Waals surface area contributed by atoms with Crippen LogP contribution in [-0.2, 0) is 16.1 Å². The Bertz CT molecular complexity index is 800. The van der Waals surface area contributed by atoms with Gasteiger partial charge in [0, 0.05) is 20.1 Å². The minimum absolute atomic E-state index is 0.0179. The molecule has 8 nitrogen and oxygen atoms in total. The van der Waals surface area contributed by atoms with Gasteiger partial charge in [0.05, 0.1) is 13.1 Å². The van der Waals surface area contributed by atoms with Crippen LogP contribution < -0.4 is 5.32 Å². The van der Waals surface area contributed by atoms with Gasteiger partial charge in [-0.05, 0) is 37.0 Å². The molecular formula is C21H30FN5O3. The van der Waals surface area contributed by atoms with Gasteiger partial charge in [-0.3, -0.25) is 9.59 Å². The molecule has 2 aliphatic rings. The van der Waals surface area contributed by atoms with E-state index in [0.717, 1.165) is 12.0 Å². The summed E-state index contributed by atoms with van der Waals surface area (Å²) >= 11 is 0. The number of likely N-dealkylation sites (N-methyl/N-ethyl adjacent to an activating group) is 1. The summed E-state index contributed by atoms with van der Waals surface area (Å²) in [7, 11) is 1.69. The second-order valence-corrected chi connectivity index (χ2v) is 8.37. The van der Waals surface area contributed by atoms with Crippen molar-refractivity contribution in [3.63, 3.8) is 0 Å². The summed E-state index contributed by atoms with van der Waals surface area (Å²) in [5.41, 5.74) is 0.767. The number of urea groups is 1. The van der Waals surface area contributed by atoms with Crippen molar-refractivity contribution < 1.29 is 18.8 Å². The number of halogens is 1. The highest BCUT2D eigenvalue weighted by molar-refractivity contribution is 5.91. The molecule has 1 N–H and O–H groups in total. The third-order valence-corrected chi connectivity index (χ3v) is 5.63. The maximum absolute atomic E-state index is 13.1. The van der Waals surface area contributed by atoms with Gasteiger partial charge in [-0.2, -0.15) is 0 Å². The summed E-state index contributed by atoms with van der Waals surface area (Å²) in [6.07, 6.45) is 0.287. The summed E-state index contributed by atoms with van der Waals surface area (Å²) in [6, 6.07) is 4.92. The van der Waals surface area contributed by atoms with Crippen molar-refractivity contribution in [2.24, 2.45) is 5.92 Å². The van der Waals surface area contributed by atoms with E-state index in [1.807, 2.05) is 0 Å². The fourth-order valence-corrected chi connectivity index (χ4v) is 3.94. The molecule has 1 aromatic rings. The van der Waals surface area contributed by atoms with Gasteiger partial charge in [0.2, 0.25) is 11.8 Å². The standard InChI is InChI=1S/C21H30FN5O3/c1-14(2)9-10-25-12-18-26(15(3)20(25)29)19(28)13-24(4)27(18)21(30)23-11-16-5-7-17(22)8-6-16/h5-8,14-15,18H,9-13H2,1-4H3,(H,23,30)/t15-,18-/m0/s1. The molecule has 1 aromatic carbocycles. The Morgan fingerprint density at radius 2 is 1.90 bits per heavy atom. The number of hydrogen-bond donors (Lipinski definition) is 1. The molecule has 0 aromatic heterocycles. The van der Waals surface area contributed by atoms with Crippen LogP contribution in [0, 0.1) is 11.7 Å². The first-order valence-corrected chi connectivity index (χ1v) is 10.3. The molecular weight excluding hydrogens is 389 g/mol. The van der Waals surface area contributed by atoms with Crippen LogP contribution in [0.2, 0.25) is 0 Å². The molecule has 0 aliphatic carbocycles. The Morgan fingerprint density at radius 3 is 2.53 bits per heavy atom. The molecule has 0 saturated carbocycles. The molecule has 0 spiro atoms. The van der Waals surface area contributed by atoms with Crippen molar-refractivity contribution in [3.8, 4) is 0 Å². The SMILES string of the molecule is CC(C)CCN1C[C@H]2N(C(=O)CN(C)N2C(=O)NCc2ccc(F)cc2)[C@@H](C)C1=O. The Kier molecular flexibility index (Phi) is 6.60. The lowest BCUT2D eigenvalue weighted by Crippen LogP contribution is -2.75. The fourth-order valence-electron chi connectivity index (χ4n) is 3.94. The summed E-state index contributed by atoms with van der Waals surface area (Å²) in [4.78, 5) is 41.8. The average Bonchev–Trinajstić information content (AvgIpc) is 2.68. The number of rotatable bonds is 5. The monoisotopic (exact) mass is 419 g/mol. The van der Waals surface area contributed by atoms with Crippen LogP contribution in [-0.4, -0.2) is 76.6 Å². The quantitative estimate of drug-likeness (QED) is 0.787. The van der Waals surface area contributed by atoms with Crippen molar-refractivity contribution in [3.05, 3.63) is 35.6 Å². The normalized spacial score (nSPS) is 22.5. The summed E-state index contributed by atoms with van der Waals surface area (Å²) < 4.78 is 13.1. The van der Waals surface area contributed by atoms with Gasteiger partial charge in [-0.25, -0.2) is 19.2 Å². The van der Waals surface area contributed by atoms with Gasteiger partial charge in [-0.1, -0.05) is 26.0 Å². The molecule has 4 amide bonds. The first-order valence-electron chi connectivity index (χ1n) is 10.3. The number of carbonyl (C=O) groups is 3. The number of nitrogens with one attached hydrogen (secondary N) is 1. The van der Waals surface area contributed by atoms with Gasteiger partial charge < -0.3 is 15.1 Å². The van der Waals surface area contributed by atoms with Gasteiger partial charge >= 0.3 is 6.03 Å². The molecule has 0 unspecified atom stereocenters. The van der Waals surface area contributed by atoms with E-state index >= 15 is 0 Å². The zero-order valence-electron chi connectivity index (χ0n) is 18.0. The minimum Gasteiger partial charge on any atom is -0.337 e. The van der Waals surface area contributed by atoms with E-state index in [4.69, 9.17) is 0 Å². The smallest absolute Gasteiger partial charge is 0.334 e. The highest BCUT2D eigenvalue weighted by Gasteiger charge is 2.48. The Hall–Kier alpha value is -2.68. The first kappa shape index (κ1) is 22.0. The van der Waals surface area contributed by atoms with Crippen LogP contribution in [0.4, 0.5) is 9.18 Å². The van der Waals surface area contributed by atoms with Crippen molar-refractivity contribution in [1.82, 2.24) is 25.1 Å². The lowest BCUT2D eigenvalue weighted by atomic mass is 10.1.